The van der Waals surface area contributed by atoms with Crippen molar-refractivity contribution in [3.05, 3.63) is 30.3 Å². The van der Waals surface area contributed by atoms with Gasteiger partial charge in [-0.05, 0) is 25.1 Å². The number of benzene rings is 1. The molecule has 16 heavy (non-hydrogen) atoms. The molecule has 0 aromatic heterocycles. The lowest BCUT2D eigenvalue weighted by Crippen LogP contribution is -2.31. The molecular weight excluding hydrogens is 226 g/mol. The van der Waals surface area contributed by atoms with E-state index in [1.165, 1.54) is 0 Å². The highest BCUT2D eigenvalue weighted by molar-refractivity contribution is 5.85. The summed E-state index contributed by atoms with van der Waals surface area (Å²) in [6, 6.07) is 9.53. The van der Waals surface area contributed by atoms with E-state index in [1.54, 1.807) is 0 Å². The van der Waals surface area contributed by atoms with Gasteiger partial charge < -0.3 is 15.2 Å². The van der Waals surface area contributed by atoms with Crippen LogP contribution in [0.2, 0.25) is 0 Å². The lowest BCUT2D eigenvalue weighted by Gasteiger charge is -2.12. The number of halogens is 1. The van der Waals surface area contributed by atoms with Crippen LogP contribution in [0.5, 0.6) is 5.75 Å². The quantitative estimate of drug-likeness (QED) is 0.721. The molecule has 0 fully saturated rings. The Kier molecular flexibility index (Phi) is 9.00. The lowest BCUT2D eigenvalue weighted by molar-refractivity contribution is 0.106. The first-order valence-electron chi connectivity index (χ1n) is 5.39. The summed E-state index contributed by atoms with van der Waals surface area (Å²) in [5.74, 6) is 0.798. The molecule has 3 nitrogen and oxygen atoms in total. The molecule has 1 atom stereocenters. The highest BCUT2D eigenvalue weighted by atomic mass is 35.5. The molecule has 0 aliphatic carbocycles. The fraction of sp³-hybridized carbons (Fsp3) is 0.500. The molecule has 0 radical (unpaired) electrons. The zero-order valence-corrected chi connectivity index (χ0v) is 10.4. The van der Waals surface area contributed by atoms with Crippen molar-refractivity contribution >= 4 is 12.4 Å². The molecule has 1 aromatic rings. The van der Waals surface area contributed by atoms with Crippen LogP contribution in [0.15, 0.2) is 30.3 Å². The van der Waals surface area contributed by atoms with Gasteiger partial charge in [0, 0.05) is 6.54 Å². The van der Waals surface area contributed by atoms with Gasteiger partial charge in [-0.25, -0.2) is 0 Å². The van der Waals surface area contributed by atoms with Gasteiger partial charge >= 0.3 is 0 Å². The molecule has 0 bridgehead atoms. The Bertz CT molecular complexity index is 256. The summed E-state index contributed by atoms with van der Waals surface area (Å²) in [6.07, 6.45) is 0.628. The number of rotatable bonds is 7. The first-order chi connectivity index (χ1) is 7.33. The van der Waals surface area contributed by atoms with E-state index in [1.807, 2.05) is 30.3 Å². The second-order valence-electron chi connectivity index (χ2n) is 3.48. The van der Waals surface area contributed by atoms with Crippen LogP contribution in [-0.2, 0) is 0 Å². The molecule has 0 aliphatic rings. The first kappa shape index (κ1) is 15.2. The molecule has 0 aliphatic heterocycles. The van der Waals surface area contributed by atoms with Crippen LogP contribution in [0.3, 0.4) is 0 Å². The Hall–Kier alpha value is -0.770. The van der Waals surface area contributed by atoms with Crippen molar-refractivity contribution in [2.75, 3.05) is 19.7 Å². The predicted molar refractivity (Wildman–Crippen MR) is 68.4 cm³/mol. The van der Waals surface area contributed by atoms with Gasteiger partial charge in [-0.2, -0.15) is 0 Å². The minimum atomic E-state index is -0.447. The molecular formula is C12H20ClNO2. The summed E-state index contributed by atoms with van der Waals surface area (Å²) in [7, 11) is 0. The van der Waals surface area contributed by atoms with E-state index < -0.39 is 6.10 Å². The van der Waals surface area contributed by atoms with Gasteiger partial charge in [0.05, 0.1) is 0 Å². The normalized spacial score (nSPS) is 11.6. The predicted octanol–water partition coefficient (Wildman–Crippen LogP) is 1.85. The van der Waals surface area contributed by atoms with Crippen LogP contribution in [0.25, 0.3) is 0 Å². The Morgan fingerprint density at radius 3 is 2.62 bits per heavy atom. The van der Waals surface area contributed by atoms with Crippen molar-refractivity contribution < 1.29 is 9.84 Å². The third-order valence-corrected chi connectivity index (χ3v) is 1.99. The van der Waals surface area contributed by atoms with E-state index >= 15 is 0 Å². The summed E-state index contributed by atoms with van der Waals surface area (Å²) >= 11 is 0. The number of aliphatic hydroxyl groups is 1. The van der Waals surface area contributed by atoms with E-state index in [-0.39, 0.29) is 12.4 Å². The van der Waals surface area contributed by atoms with Gasteiger partial charge in [-0.3, -0.25) is 0 Å². The fourth-order valence-corrected chi connectivity index (χ4v) is 1.21. The van der Waals surface area contributed by atoms with Crippen molar-refractivity contribution in [3.8, 4) is 5.75 Å². The summed E-state index contributed by atoms with van der Waals surface area (Å²) in [5, 5.41) is 12.7. The average Bonchev–Trinajstić information content (AvgIpc) is 2.28. The van der Waals surface area contributed by atoms with Crippen LogP contribution >= 0.6 is 12.4 Å². The summed E-state index contributed by atoms with van der Waals surface area (Å²) < 4.78 is 5.41. The van der Waals surface area contributed by atoms with Crippen molar-refractivity contribution in [2.45, 2.75) is 19.4 Å². The lowest BCUT2D eigenvalue weighted by atomic mass is 10.3. The largest absolute Gasteiger partial charge is 0.491 e. The fourth-order valence-electron chi connectivity index (χ4n) is 1.21. The zero-order valence-electron chi connectivity index (χ0n) is 9.56. The molecule has 1 aromatic carbocycles. The van der Waals surface area contributed by atoms with Crippen LogP contribution in [0.4, 0.5) is 0 Å². The van der Waals surface area contributed by atoms with Crippen LogP contribution in [0.1, 0.15) is 13.3 Å². The number of hydrogen-bond acceptors (Lipinski definition) is 3. The van der Waals surface area contributed by atoms with E-state index in [0.29, 0.717) is 13.2 Å². The molecule has 0 amide bonds. The first-order valence-corrected chi connectivity index (χ1v) is 5.39. The van der Waals surface area contributed by atoms with Gasteiger partial charge in [0.2, 0.25) is 0 Å². The van der Waals surface area contributed by atoms with Gasteiger partial charge in [0.15, 0.2) is 0 Å². The molecule has 0 saturated heterocycles. The summed E-state index contributed by atoms with van der Waals surface area (Å²) in [4.78, 5) is 0. The van der Waals surface area contributed by atoms with Gasteiger partial charge in [0.1, 0.15) is 18.5 Å². The zero-order chi connectivity index (χ0) is 10.9. The number of nitrogens with one attached hydrogen (secondary N) is 1. The standard InChI is InChI=1S/C12H19NO2.ClH/c1-2-8-13-9-11(14)10-15-12-6-4-3-5-7-12;/h3-7,11,13-14H,2,8-10H2,1H3;1H. The molecule has 1 rings (SSSR count). The summed E-state index contributed by atoms with van der Waals surface area (Å²) in [5.41, 5.74) is 0. The second kappa shape index (κ2) is 9.46. The SMILES string of the molecule is CCCNCC(O)COc1ccccc1.Cl. The Labute approximate surface area is 103 Å². The maximum Gasteiger partial charge on any atom is 0.119 e. The van der Waals surface area contributed by atoms with Crippen molar-refractivity contribution in [1.82, 2.24) is 5.32 Å². The van der Waals surface area contributed by atoms with Gasteiger partial charge in [0.25, 0.3) is 0 Å². The molecule has 2 N–H and O–H groups in total. The molecule has 0 saturated carbocycles. The number of aliphatic hydroxyl groups excluding tert-OH is 1. The van der Waals surface area contributed by atoms with E-state index in [9.17, 15) is 5.11 Å². The number of ether oxygens (including phenoxy) is 1. The smallest absolute Gasteiger partial charge is 0.119 e. The minimum absolute atomic E-state index is 0. The third kappa shape index (κ3) is 6.67. The molecule has 0 spiro atoms. The highest BCUT2D eigenvalue weighted by Crippen LogP contribution is 2.08. The Balaban J connectivity index is 0.00000225. The van der Waals surface area contributed by atoms with Crippen LogP contribution in [0, 0.1) is 0 Å². The Morgan fingerprint density at radius 2 is 2.00 bits per heavy atom. The monoisotopic (exact) mass is 245 g/mol. The minimum Gasteiger partial charge on any atom is -0.491 e. The van der Waals surface area contributed by atoms with Crippen LogP contribution < -0.4 is 10.1 Å². The topological polar surface area (TPSA) is 41.5 Å². The number of para-hydroxylation sites is 1. The molecule has 0 heterocycles. The number of hydrogen-bond donors (Lipinski definition) is 2. The Morgan fingerprint density at radius 1 is 1.31 bits per heavy atom. The van der Waals surface area contributed by atoms with Gasteiger partial charge in [-0.1, -0.05) is 25.1 Å². The average molecular weight is 246 g/mol. The van der Waals surface area contributed by atoms with Crippen molar-refractivity contribution in [3.63, 3.8) is 0 Å². The maximum atomic E-state index is 9.55. The van der Waals surface area contributed by atoms with E-state index in [2.05, 4.69) is 12.2 Å². The highest BCUT2D eigenvalue weighted by Gasteiger charge is 2.03. The molecule has 92 valence electrons. The van der Waals surface area contributed by atoms with E-state index in [4.69, 9.17) is 4.74 Å². The van der Waals surface area contributed by atoms with Gasteiger partial charge in [-0.15, -0.1) is 12.4 Å². The summed E-state index contributed by atoms with van der Waals surface area (Å²) in [6.45, 7) is 3.95. The van der Waals surface area contributed by atoms with Crippen LogP contribution in [-0.4, -0.2) is 30.9 Å². The van der Waals surface area contributed by atoms with Crippen molar-refractivity contribution in [2.24, 2.45) is 0 Å². The molecule has 4 heteroatoms. The maximum absolute atomic E-state index is 9.55. The van der Waals surface area contributed by atoms with Crippen molar-refractivity contribution in [1.29, 1.82) is 0 Å². The van der Waals surface area contributed by atoms with E-state index in [0.717, 1.165) is 18.7 Å². The second-order valence-corrected chi connectivity index (χ2v) is 3.48. The molecule has 1 unspecified atom stereocenters. The third-order valence-electron chi connectivity index (χ3n) is 1.99.